The summed E-state index contributed by atoms with van der Waals surface area (Å²) in [6, 6.07) is 20.1. The number of benzene rings is 3. The maximum Gasteiger partial charge on any atom is 0.282 e. The van der Waals surface area contributed by atoms with E-state index >= 15 is 0 Å². The first kappa shape index (κ1) is 21.2. The standard InChI is InChI=1S/C26H24N2O4/c1-16-10-11-17(2)22(12-16)28-25(29)23(18-8-6-5-7-9-18)24(26(28)30)27-19-13-20(31-3)15-21(14-19)32-4/h5-15,27H,1-4H3. The fraction of sp³-hybridized carbons (Fsp3) is 0.154. The number of carbonyl (C=O) groups excluding carboxylic acids is 2. The molecule has 0 saturated heterocycles. The normalized spacial score (nSPS) is 13.6. The highest BCUT2D eigenvalue weighted by Gasteiger charge is 2.40. The molecular formula is C26H24N2O4. The molecular weight excluding hydrogens is 404 g/mol. The molecule has 0 saturated carbocycles. The third-order valence-corrected chi connectivity index (χ3v) is 5.37. The van der Waals surface area contributed by atoms with Crippen molar-refractivity contribution in [2.45, 2.75) is 13.8 Å². The molecule has 0 fully saturated rings. The van der Waals surface area contributed by atoms with Gasteiger partial charge in [0.25, 0.3) is 11.8 Å². The van der Waals surface area contributed by atoms with Crippen LogP contribution in [-0.4, -0.2) is 26.0 Å². The van der Waals surface area contributed by atoms with Crippen molar-refractivity contribution in [3.8, 4) is 11.5 Å². The van der Waals surface area contributed by atoms with E-state index in [0.717, 1.165) is 11.1 Å². The fourth-order valence-corrected chi connectivity index (χ4v) is 3.72. The predicted molar refractivity (Wildman–Crippen MR) is 125 cm³/mol. The van der Waals surface area contributed by atoms with Crippen molar-refractivity contribution in [1.82, 2.24) is 0 Å². The molecule has 0 radical (unpaired) electrons. The van der Waals surface area contributed by atoms with Crippen LogP contribution in [0.1, 0.15) is 16.7 Å². The number of methoxy groups -OCH3 is 2. The van der Waals surface area contributed by atoms with Gasteiger partial charge in [-0.1, -0.05) is 42.5 Å². The van der Waals surface area contributed by atoms with Crippen molar-refractivity contribution < 1.29 is 19.1 Å². The van der Waals surface area contributed by atoms with Crippen LogP contribution in [0.25, 0.3) is 5.57 Å². The lowest BCUT2D eigenvalue weighted by atomic mass is 10.0. The van der Waals surface area contributed by atoms with Gasteiger partial charge in [0.05, 0.1) is 25.5 Å². The second kappa shape index (κ2) is 8.59. The number of imide groups is 1. The number of rotatable bonds is 6. The van der Waals surface area contributed by atoms with Crippen molar-refractivity contribution in [3.63, 3.8) is 0 Å². The van der Waals surface area contributed by atoms with Crippen LogP contribution in [0, 0.1) is 13.8 Å². The Morgan fingerprint density at radius 2 is 1.44 bits per heavy atom. The highest BCUT2D eigenvalue weighted by Crippen LogP contribution is 2.36. The van der Waals surface area contributed by atoms with Crippen molar-refractivity contribution in [3.05, 3.63) is 89.1 Å². The summed E-state index contributed by atoms with van der Waals surface area (Å²) in [4.78, 5) is 28.4. The molecule has 0 aromatic heterocycles. The Morgan fingerprint density at radius 1 is 0.781 bits per heavy atom. The summed E-state index contributed by atoms with van der Waals surface area (Å²) in [5.41, 5.74) is 4.15. The van der Waals surface area contributed by atoms with Gasteiger partial charge in [-0.05, 0) is 36.6 Å². The Kier molecular flexibility index (Phi) is 5.69. The molecule has 162 valence electrons. The van der Waals surface area contributed by atoms with Gasteiger partial charge in [0.2, 0.25) is 0 Å². The van der Waals surface area contributed by atoms with Gasteiger partial charge in [-0.15, -0.1) is 0 Å². The van der Waals surface area contributed by atoms with Gasteiger partial charge >= 0.3 is 0 Å². The van der Waals surface area contributed by atoms with Crippen LogP contribution in [0.4, 0.5) is 11.4 Å². The van der Waals surface area contributed by atoms with Crippen LogP contribution in [0.5, 0.6) is 11.5 Å². The lowest BCUT2D eigenvalue weighted by Crippen LogP contribution is -2.33. The number of carbonyl (C=O) groups is 2. The number of nitrogens with zero attached hydrogens (tertiary/aromatic N) is 1. The molecule has 0 bridgehead atoms. The maximum atomic E-state index is 13.6. The third kappa shape index (κ3) is 3.83. The van der Waals surface area contributed by atoms with E-state index in [2.05, 4.69) is 5.32 Å². The molecule has 3 aromatic carbocycles. The summed E-state index contributed by atoms with van der Waals surface area (Å²) in [6.07, 6.45) is 0. The summed E-state index contributed by atoms with van der Waals surface area (Å²) in [7, 11) is 3.11. The van der Waals surface area contributed by atoms with Crippen LogP contribution in [0.2, 0.25) is 0 Å². The van der Waals surface area contributed by atoms with E-state index in [1.54, 1.807) is 32.4 Å². The third-order valence-electron chi connectivity index (χ3n) is 5.37. The summed E-state index contributed by atoms with van der Waals surface area (Å²) in [5.74, 6) is 0.352. The number of aryl methyl sites for hydroxylation is 2. The maximum absolute atomic E-state index is 13.6. The minimum atomic E-state index is -0.413. The van der Waals surface area contributed by atoms with Crippen LogP contribution >= 0.6 is 0 Å². The van der Waals surface area contributed by atoms with Crippen LogP contribution < -0.4 is 19.7 Å². The summed E-state index contributed by atoms with van der Waals surface area (Å²) < 4.78 is 10.7. The van der Waals surface area contributed by atoms with E-state index in [1.165, 1.54) is 4.90 Å². The van der Waals surface area contributed by atoms with E-state index < -0.39 is 5.91 Å². The van der Waals surface area contributed by atoms with E-state index in [9.17, 15) is 9.59 Å². The van der Waals surface area contributed by atoms with Gasteiger partial charge in [-0.2, -0.15) is 0 Å². The number of hydrogen-bond donors (Lipinski definition) is 1. The highest BCUT2D eigenvalue weighted by atomic mass is 16.5. The number of anilines is 2. The molecule has 3 aromatic rings. The van der Waals surface area contributed by atoms with Crippen LogP contribution in [-0.2, 0) is 9.59 Å². The van der Waals surface area contributed by atoms with Gasteiger partial charge in [0, 0.05) is 23.9 Å². The van der Waals surface area contributed by atoms with Crippen molar-refractivity contribution in [1.29, 1.82) is 0 Å². The van der Waals surface area contributed by atoms with Gasteiger partial charge in [-0.3, -0.25) is 9.59 Å². The topological polar surface area (TPSA) is 67.9 Å². The van der Waals surface area contributed by atoms with Crippen molar-refractivity contribution in [2.24, 2.45) is 0 Å². The Bertz CT molecular complexity index is 1210. The molecule has 4 rings (SSSR count). The van der Waals surface area contributed by atoms with Crippen molar-refractivity contribution >= 4 is 28.8 Å². The largest absolute Gasteiger partial charge is 0.497 e. The molecule has 0 unspecified atom stereocenters. The first-order valence-electron chi connectivity index (χ1n) is 10.2. The molecule has 1 N–H and O–H groups in total. The number of ether oxygens (including phenoxy) is 2. The molecule has 6 heteroatoms. The molecule has 1 aliphatic rings. The Labute approximate surface area is 187 Å². The lowest BCUT2D eigenvalue weighted by molar-refractivity contribution is -0.120. The Hall–Kier alpha value is -4.06. The minimum Gasteiger partial charge on any atom is -0.497 e. The van der Waals surface area contributed by atoms with Gasteiger partial charge in [0.1, 0.15) is 17.2 Å². The predicted octanol–water partition coefficient (Wildman–Crippen LogP) is 4.72. The summed E-state index contributed by atoms with van der Waals surface area (Å²) >= 11 is 0. The second-order valence-electron chi connectivity index (χ2n) is 7.58. The average molecular weight is 428 g/mol. The zero-order valence-electron chi connectivity index (χ0n) is 18.4. The molecule has 0 aliphatic carbocycles. The summed E-state index contributed by atoms with van der Waals surface area (Å²) in [5, 5.41) is 3.16. The second-order valence-corrected chi connectivity index (χ2v) is 7.58. The van der Waals surface area contributed by atoms with Gasteiger partial charge in [0.15, 0.2) is 0 Å². The van der Waals surface area contributed by atoms with Crippen molar-refractivity contribution in [2.75, 3.05) is 24.4 Å². The average Bonchev–Trinajstić information content (AvgIpc) is 3.04. The molecule has 2 amide bonds. The lowest BCUT2D eigenvalue weighted by Gasteiger charge is -2.18. The first-order valence-corrected chi connectivity index (χ1v) is 10.2. The van der Waals surface area contributed by atoms with Gasteiger partial charge < -0.3 is 14.8 Å². The van der Waals surface area contributed by atoms with Crippen LogP contribution in [0.15, 0.2) is 72.4 Å². The number of hydrogen-bond acceptors (Lipinski definition) is 5. The monoisotopic (exact) mass is 428 g/mol. The quantitative estimate of drug-likeness (QED) is 0.576. The molecule has 1 heterocycles. The Balaban J connectivity index is 1.85. The van der Waals surface area contributed by atoms with E-state index in [-0.39, 0.29) is 11.6 Å². The SMILES string of the molecule is COc1cc(NC2=C(c3ccccc3)C(=O)N(c3cc(C)ccc3C)C2=O)cc(OC)c1. The highest BCUT2D eigenvalue weighted by molar-refractivity contribution is 6.46. The molecule has 0 spiro atoms. The number of amides is 2. The Morgan fingerprint density at radius 3 is 2.06 bits per heavy atom. The molecule has 32 heavy (non-hydrogen) atoms. The zero-order valence-corrected chi connectivity index (χ0v) is 18.4. The first-order chi connectivity index (χ1) is 15.4. The zero-order chi connectivity index (χ0) is 22.8. The molecule has 0 atom stereocenters. The summed E-state index contributed by atoms with van der Waals surface area (Å²) in [6.45, 7) is 3.82. The van der Waals surface area contributed by atoms with E-state index in [4.69, 9.17) is 9.47 Å². The van der Waals surface area contributed by atoms with Gasteiger partial charge in [-0.25, -0.2) is 4.90 Å². The molecule has 1 aliphatic heterocycles. The van der Waals surface area contributed by atoms with E-state index in [0.29, 0.717) is 34.0 Å². The minimum absolute atomic E-state index is 0.206. The van der Waals surface area contributed by atoms with E-state index in [1.807, 2.05) is 62.4 Å². The molecule has 6 nitrogen and oxygen atoms in total. The van der Waals surface area contributed by atoms with Crippen LogP contribution in [0.3, 0.4) is 0 Å². The fourth-order valence-electron chi connectivity index (χ4n) is 3.72. The number of nitrogens with one attached hydrogen (secondary N) is 1. The smallest absolute Gasteiger partial charge is 0.282 e.